The minimum absolute atomic E-state index is 0.398. The standard InChI is InChI=1S/C13H22NP/c1-13(2,3)9-12(15-4)10-5-7-11(14)8-6-10/h5-8,12,15H,9,14H2,1-4H3. The molecular weight excluding hydrogens is 201 g/mol. The molecule has 0 bridgehead atoms. The predicted octanol–water partition coefficient (Wildman–Crippen LogP) is 4.05. The molecule has 15 heavy (non-hydrogen) atoms. The van der Waals surface area contributed by atoms with Gasteiger partial charge in [0.15, 0.2) is 0 Å². The topological polar surface area (TPSA) is 26.0 Å². The number of hydrogen-bond acceptors (Lipinski definition) is 1. The first-order valence-electron chi connectivity index (χ1n) is 5.45. The fourth-order valence-electron chi connectivity index (χ4n) is 1.73. The lowest BCUT2D eigenvalue weighted by Gasteiger charge is -2.25. The molecule has 0 fully saturated rings. The quantitative estimate of drug-likeness (QED) is 0.607. The lowest BCUT2D eigenvalue weighted by Crippen LogP contribution is -2.09. The molecule has 0 saturated heterocycles. The van der Waals surface area contributed by atoms with Crippen LogP contribution in [0.15, 0.2) is 24.3 Å². The van der Waals surface area contributed by atoms with E-state index in [1.54, 1.807) is 0 Å². The number of nitrogens with two attached hydrogens (primary N) is 1. The number of benzene rings is 1. The molecule has 2 N–H and O–H groups in total. The molecule has 2 heteroatoms. The molecule has 0 amide bonds. The molecule has 0 aliphatic heterocycles. The van der Waals surface area contributed by atoms with Gasteiger partial charge in [0.2, 0.25) is 0 Å². The second-order valence-electron chi connectivity index (χ2n) is 5.27. The van der Waals surface area contributed by atoms with Crippen molar-refractivity contribution in [3.63, 3.8) is 0 Å². The molecule has 2 atom stereocenters. The molecular formula is C13H22NP. The minimum Gasteiger partial charge on any atom is -0.399 e. The van der Waals surface area contributed by atoms with Crippen molar-refractivity contribution in [2.45, 2.75) is 32.9 Å². The Hall–Kier alpha value is -0.550. The molecule has 1 nitrogen and oxygen atoms in total. The van der Waals surface area contributed by atoms with Crippen LogP contribution in [0, 0.1) is 5.41 Å². The van der Waals surface area contributed by atoms with E-state index in [4.69, 9.17) is 5.73 Å². The average molecular weight is 223 g/mol. The van der Waals surface area contributed by atoms with Crippen molar-refractivity contribution < 1.29 is 0 Å². The van der Waals surface area contributed by atoms with Gasteiger partial charge in [-0.3, -0.25) is 0 Å². The smallest absolute Gasteiger partial charge is 0.0314 e. The van der Waals surface area contributed by atoms with Crippen LogP contribution >= 0.6 is 8.58 Å². The van der Waals surface area contributed by atoms with E-state index in [0.717, 1.165) is 14.3 Å². The van der Waals surface area contributed by atoms with Crippen LogP contribution in [0.5, 0.6) is 0 Å². The van der Waals surface area contributed by atoms with Crippen molar-refractivity contribution >= 4 is 14.3 Å². The summed E-state index contributed by atoms with van der Waals surface area (Å²) in [4.78, 5) is 0. The summed E-state index contributed by atoms with van der Waals surface area (Å²) in [7, 11) is 0.956. The first-order chi connectivity index (χ1) is 6.92. The highest BCUT2D eigenvalue weighted by atomic mass is 31.1. The number of rotatable bonds is 3. The van der Waals surface area contributed by atoms with Gasteiger partial charge in [0.05, 0.1) is 0 Å². The molecule has 84 valence electrons. The van der Waals surface area contributed by atoms with Crippen molar-refractivity contribution in [1.29, 1.82) is 0 Å². The zero-order valence-electron chi connectivity index (χ0n) is 10.2. The summed E-state index contributed by atoms with van der Waals surface area (Å²) in [6, 6.07) is 8.35. The summed E-state index contributed by atoms with van der Waals surface area (Å²) < 4.78 is 0. The van der Waals surface area contributed by atoms with Crippen LogP contribution in [0.25, 0.3) is 0 Å². The highest BCUT2D eigenvalue weighted by Crippen LogP contribution is 2.41. The fraction of sp³-hybridized carbons (Fsp3) is 0.538. The van der Waals surface area contributed by atoms with Crippen LogP contribution in [-0.2, 0) is 0 Å². The van der Waals surface area contributed by atoms with Crippen molar-refractivity contribution in [1.82, 2.24) is 0 Å². The van der Waals surface area contributed by atoms with Crippen molar-refractivity contribution in [2.75, 3.05) is 12.4 Å². The normalized spacial score (nSPS) is 14.7. The van der Waals surface area contributed by atoms with Crippen LogP contribution in [0.3, 0.4) is 0 Å². The summed E-state index contributed by atoms with van der Waals surface area (Å²) >= 11 is 0. The van der Waals surface area contributed by atoms with Crippen LogP contribution in [-0.4, -0.2) is 6.66 Å². The Morgan fingerprint density at radius 3 is 2.13 bits per heavy atom. The first kappa shape index (κ1) is 12.5. The van der Waals surface area contributed by atoms with E-state index in [9.17, 15) is 0 Å². The molecule has 0 aliphatic rings. The number of hydrogen-bond donors (Lipinski definition) is 1. The Bertz CT molecular complexity index is 297. The summed E-state index contributed by atoms with van der Waals surface area (Å²) in [5.41, 5.74) is 9.07. The Morgan fingerprint density at radius 2 is 1.73 bits per heavy atom. The molecule has 0 radical (unpaired) electrons. The van der Waals surface area contributed by atoms with E-state index in [1.165, 1.54) is 12.0 Å². The maximum Gasteiger partial charge on any atom is 0.0314 e. The lowest BCUT2D eigenvalue weighted by molar-refractivity contribution is 0.374. The van der Waals surface area contributed by atoms with E-state index in [2.05, 4.69) is 39.6 Å². The van der Waals surface area contributed by atoms with Gasteiger partial charge in [-0.05, 0) is 36.2 Å². The summed E-state index contributed by atoms with van der Waals surface area (Å²) in [6.07, 6.45) is 1.24. The van der Waals surface area contributed by atoms with Gasteiger partial charge < -0.3 is 5.73 Å². The minimum atomic E-state index is 0.398. The molecule has 0 saturated carbocycles. The third kappa shape index (κ3) is 4.22. The first-order valence-corrected chi connectivity index (χ1v) is 7.03. The van der Waals surface area contributed by atoms with E-state index >= 15 is 0 Å². The van der Waals surface area contributed by atoms with Crippen LogP contribution in [0.1, 0.15) is 38.4 Å². The van der Waals surface area contributed by atoms with Gasteiger partial charge in [0.25, 0.3) is 0 Å². The van der Waals surface area contributed by atoms with Gasteiger partial charge in [-0.2, -0.15) is 0 Å². The van der Waals surface area contributed by atoms with Crippen LogP contribution in [0.4, 0.5) is 5.69 Å². The van der Waals surface area contributed by atoms with Crippen LogP contribution < -0.4 is 5.73 Å². The van der Waals surface area contributed by atoms with Crippen molar-refractivity contribution in [3.8, 4) is 0 Å². The molecule has 0 aliphatic carbocycles. The van der Waals surface area contributed by atoms with Crippen molar-refractivity contribution in [3.05, 3.63) is 29.8 Å². The van der Waals surface area contributed by atoms with E-state index in [0.29, 0.717) is 11.1 Å². The second kappa shape index (κ2) is 4.99. The van der Waals surface area contributed by atoms with Crippen molar-refractivity contribution in [2.24, 2.45) is 5.41 Å². The maximum atomic E-state index is 5.70. The Balaban J connectivity index is 2.79. The van der Waals surface area contributed by atoms with E-state index in [1.807, 2.05) is 12.1 Å². The summed E-state index contributed by atoms with van der Waals surface area (Å²) in [6.45, 7) is 9.19. The second-order valence-corrected chi connectivity index (χ2v) is 6.55. The van der Waals surface area contributed by atoms with E-state index in [-0.39, 0.29) is 0 Å². The largest absolute Gasteiger partial charge is 0.399 e. The lowest BCUT2D eigenvalue weighted by atomic mass is 9.88. The fourth-order valence-corrected chi connectivity index (χ4v) is 3.07. The molecule has 0 aromatic heterocycles. The summed E-state index contributed by atoms with van der Waals surface area (Å²) in [5.74, 6) is 0. The molecule has 1 aromatic rings. The molecule has 1 rings (SSSR count). The Morgan fingerprint density at radius 1 is 1.20 bits per heavy atom. The number of anilines is 1. The van der Waals surface area contributed by atoms with E-state index < -0.39 is 0 Å². The maximum absolute atomic E-state index is 5.70. The predicted molar refractivity (Wildman–Crippen MR) is 71.9 cm³/mol. The monoisotopic (exact) mass is 223 g/mol. The summed E-state index contributed by atoms with van der Waals surface area (Å²) in [5, 5.41) is 0. The molecule has 1 aromatic carbocycles. The highest BCUT2D eigenvalue weighted by molar-refractivity contribution is 7.37. The Kier molecular flexibility index (Phi) is 4.16. The zero-order valence-corrected chi connectivity index (χ0v) is 11.2. The van der Waals surface area contributed by atoms with Gasteiger partial charge in [0, 0.05) is 11.3 Å². The SMILES string of the molecule is CPC(CC(C)(C)C)c1ccc(N)cc1. The molecule has 2 unspecified atom stereocenters. The van der Waals surface area contributed by atoms with Gasteiger partial charge >= 0.3 is 0 Å². The zero-order chi connectivity index (χ0) is 11.5. The van der Waals surface area contributed by atoms with Gasteiger partial charge in [0.1, 0.15) is 0 Å². The number of nitrogen functional groups attached to an aromatic ring is 1. The third-order valence-electron chi connectivity index (χ3n) is 2.50. The Labute approximate surface area is 95.2 Å². The average Bonchev–Trinajstić information content (AvgIpc) is 2.14. The third-order valence-corrected chi connectivity index (χ3v) is 3.74. The van der Waals surface area contributed by atoms with Gasteiger partial charge in [-0.25, -0.2) is 0 Å². The highest BCUT2D eigenvalue weighted by Gasteiger charge is 2.18. The molecule has 0 heterocycles. The molecule has 0 spiro atoms. The van der Waals surface area contributed by atoms with Gasteiger partial charge in [-0.1, -0.05) is 32.9 Å². The van der Waals surface area contributed by atoms with Crippen LogP contribution in [0.2, 0.25) is 0 Å². The van der Waals surface area contributed by atoms with Gasteiger partial charge in [-0.15, -0.1) is 8.58 Å².